The minimum Gasteiger partial charge on any atom is -0.871 e. The quantitative estimate of drug-likeness (QED) is 0.0986. The van der Waals surface area contributed by atoms with Crippen LogP contribution in [-0.2, 0) is 0 Å². The normalized spacial score (nSPS) is 10.9. The molecule has 1 aliphatic heterocycles. The summed E-state index contributed by atoms with van der Waals surface area (Å²) in [5.41, 5.74) is -0.0131. The van der Waals surface area contributed by atoms with Crippen LogP contribution >= 0.6 is 137 Å². The van der Waals surface area contributed by atoms with Crippen LogP contribution in [0.25, 0.3) is 33.4 Å². The Bertz CT molecular complexity index is 1580. The van der Waals surface area contributed by atoms with E-state index in [4.69, 9.17) is 50.8 Å². The number of carboxylic acid groups (broad SMARTS) is 1. The third-order valence-electron chi connectivity index (χ3n) is 4.73. The van der Waals surface area contributed by atoms with Gasteiger partial charge in [-0.1, -0.05) is 52.2 Å². The van der Waals surface area contributed by atoms with Crippen LogP contribution in [0.4, 0.5) is 0 Å². The van der Waals surface area contributed by atoms with Gasteiger partial charge in [0.2, 0.25) is 5.43 Å². The van der Waals surface area contributed by atoms with Gasteiger partial charge in [0, 0.05) is 34.8 Å². The van der Waals surface area contributed by atoms with Crippen LogP contribution in [0.2, 0.25) is 20.1 Å². The number of benzene rings is 3. The second-order valence-electron chi connectivity index (χ2n) is 6.53. The molecule has 170 valence electrons. The van der Waals surface area contributed by atoms with Crippen LogP contribution in [0.5, 0.6) is 5.75 Å². The molecule has 0 fully saturated rings. The summed E-state index contributed by atoms with van der Waals surface area (Å²) in [5.74, 6) is -1.75. The Kier molecular flexibility index (Phi) is 13.1. The molecule has 1 aliphatic carbocycles. The van der Waals surface area contributed by atoms with E-state index in [-0.39, 0.29) is 142 Å². The van der Waals surface area contributed by atoms with E-state index in [1.165, 1.54) is 0 Å². The van der Waals surface area contributed by atoms with Gasteiger partial charge in [-0.15, -0.1) is 0 Å². The fraction of sp³-hybridized carbons (Fsp3) is 0. The summed E-state index contributed by atoms with van der Waals surface area (Å²) in [4.78, 5) is 24.8. The largest absolute Gasteiger partial charge is 1.00 e. The average molecular weight is 1030 g/mol. The molecule has 35 heavy (non-hydrogen) atoms. The molecule has 5 nitrogen and oxygen atoms in total. The molecule has 0 N–H and O–H groups in total. The Labute approximate surface area is 337 Å². The maximum atomic E-state index is 12.6. The van der Waals surface area contributed by atoms with Gasteiger partial charge in [-0.2, -0.15) is 0 Å². The first kappa shape index (κ1) is 34.3. The summed E-state index contributed by atoms with van der Waals surface area (Å²) in [6.07, 6.45) is 0. The van der Waals surface area contributed by atoms with Crippen LogP contribution in [-0.4, -0.2) is 5.97 Å². The molecule has 0 radical (unpaired) electrons. The number of hydrogen-bond donors (Lipinski definition) is 0. The number of aromatic carboxylic acids is 1. The van der Waals surface area contributed by atoms with Gasteiger partial charge in [-0.3, -0.25) is 4.79 Å². The number of hydrogen-bond acceptors (Lipinski definition) is 5. The fourth-order valence-corrected chi connectivity index (χ4v) is 7.91. The summed E-state index contributed by atoms with van der Waals surface area (Å²) in [6.45, 7) is 0. The van der Waals surface area contributed by atoms with Crippen molar-refractivity contribution in [3.05, 3.63) is 62.3 Å². The van der Waals surface area contributed by atoms with E-state index < -0.39 is 11.5 Å². The topological polar surface area (TPSA) is 93.4 Å². The molecule has 0 aromatic heterocycles. The maximum absolute atomic E-state index is 12.6. The van der Waals surface area contributed by atoms with E-state index in [2.05, 4.69) is 0 Å². The van der Waals surface area contributed by atoms with E-state index in [9.17, 15) is 19.8 Å². The van der Waals surface area contributed by atoms with Crippen LogP contribution in [0.15, 0.2) is 21.3 Å². The molecule has 2 aromatic rings. The fourth-order valence-electron chi connectivity index (χ4n) is 3.31. The number of carboxylic acids is 1. The predicted octanol–water partition coefficient (Wildman–Crippen LogP) is 1.04. The van der Waals surface area contributed by atoms with Gasteiger partial charge in [-0.05, 0) is 102 Å². The zero-order chi connectivity index (χ0) is 24.5. The first-order valence-corrected chi connectivity index (χ1v) is 14.2. The Hall–Kier alpha value is 3.12. The molecule has 0 spiro atoms. The van der Waals surface area contributed by atoms with Crippen LogP contribution in [0.3, 0.4) is 0 Å². The molecule has 4 rings (SSSR count). The molecular weight excluding hydrogens is 1030 g/mol. The molecule has 15 heteroatoms. The molecule has 0 saturated carbocycles. The predicted molar refractivity (Wildman–Crippen MR) is 159 cm³/mol. The number of carbonyl (C=O) groups is 1. The van der Waals surface area contributed by atoms with Crippen molar-refractivity contribution >= 4 is 154 Å². The van der Waals surface area contributed by atoms with Crippen molar-refractivity contribution in [1.29, 1.82) is 0 Å². The Morgan fingerprint density at radius 2 is 1.43 bits per heavy atom. The molecule has 0 saturated heterocycles. The molecule has 0 atom stereocenters. The summed E-state index contributed by atoms with van der Waals surface area (Å²) in [7, 11) is 0. The summed E-state index contributed by atoms with van der Waals surface area (Å²) in [6, 6.07) is 3.10. The molecule has 0 bridgehead atoms. The van der Waals surface area contributed by atoms with Gasteiger partial charge in [0.1, 0.15) is 9.15 Å². The first-order valence-electron chi connectivity index (χ1n) is 8.39. The summed E-state index contributed by atoms with van der Waals surface area (Å²) < 4.78 is 7.27. The summed E-state index contributed by atoms with van der Waals surface area (Å²) >= 11 is 32.7. The third-order valence-corrected chi connectivity index (χ3v) is 10.1. The van der Waals surface area contributed by atoms with Gasteiger partial charge in [0.15, 0.2) is 5.76 Å². The maximum Gasteiger partial charge on any atom is 1.00 e. The molecule has 0 amide bonds. The van der Waals surface area contributed by atoms with Gasteiger partial charge in [-0.25, -0.2) is 0 Å². The number of halogens is 8. The smallest absolute Gasteiger partial charge is 0.871 e. The van der Waals surface area contributed by atoms with Crippen molar-refractivity contribution in [2.24, 2.45) is 0 Å². The SMILES string of the molecule is O=C([O-])c1c(Cl)c(Cl)c(Cl)c(Cl)c1-c1c2cc(I)c(=O)c(I)c-2oc2c(I)c([O-])c(I)cc12.[K+].[Na+]. The van der Waals surface area contributed by atoms with Crippen molar-refractivity contribution < 1.29 is 100 Å². The van der Waals surface area contributed by atoms with Gasteiger partial charge in [0.25, 0.3) is 0 Å². The molecular formula is C20H2Cl4I4KNaO5. The van der Waals surface area contributed by atoms with Gasteiger partial charge >= 0.3 is 80.9 Å². The monoisotopic (exact) mass is 1030 g/mol. The second-order valence-corrected chi connectivity index (χ2v) is 12.5. The van der Waals surface area contributed by atoms with Crippen LogP contribution in [0.1, 0.15) is 10.4 Å². The molecule has 2 aromatic carbocycles. The van der Waals surface area contributed by atoms with Crippen molar-refractivity contribution in [2.45, 2.75) is 0 Å². The van der Waals surface area contributed by atoms with Crippen molar-refractivity contribution in [3.63, 3.8) is 0 Å². The number of rotatable bonds is 2. The molecule has 2 aliphatic rings. The second kappa shape index (κ2) is 13.4. The zero-order valence-corrected chi connectivity index (χ0v) is 34.0. The van der Waals surface area contributed by atoms with E-state index >= 15 is 0 Å². The van der Waals surface area contributed by atoms with Crippen LogP contribution < -0.4 is 96.6 Å². The summed E-state index contributed by atoms with van der Waals surface area (Å²) in [5, 5.41) is 24.3. The van der Waals surface area contributed by atoms with Gasteiger partial charge < -0.3 is 19.4 Å². The van der Waals surface area contributed by atoms with Crippen molar-refractivity contribution in [2.75, 3.05) is 0 Å². The number of fused-ring (bicyclic) bond motifs is 2. The standard InChI is InChI=1S/C20H4Cl4I4O5.K.Na/c21-10-8(9(20(31)32)11(22)13(24)12(10)23)7-3-1-5(25)16(29)14(27)18(3)33-19-4(7)2-6(26)17(30)15(19)28;;/h1-2,29H,(H,31,32);;/q;2*+1/p-2. The van der Waals surface area contributed by atoms with E-state index in [1.54, 1.807) is 12.1 Å². The third kappa shape index (κ3) is 6.03. The van der Waals surface area contributed by atoms with E-state index in [0.29, 0.717) is 18.1 Å². The zero-order valence-electron chi connectivity index (χ0n) is 17.2. The van der Waals surface area contributed by atoms with Crippen LogP contribution in [0, 0.1) is 14.3 Å². The molecule has 1 heterocycles. The Morgan fingerprint density at radius 3 is 2.00 bits per heavy atom. The first-order chi connectivity index (χ1) is 15.4. The average Bonchev–Trinajstić information content (AvgIpc) is 2.76. The minimum absolute atomic E-state index is 0. The van der Waals surface area contributed by atoms with E-state index in [1.807, 2.05) is 90.4 Å². The van der Waals surface area contributed by atoms with E-state index in [0.717, 1.165) is 0 Å². The Morgan fingerprint density at radius 1 is 0.857 bits per heavy atom. The number of carbonyl (C=O) groups excluding carboxylic acids is 1. The van der Waals surface area contributed by atoms with Crippen molar-refractivity contribution in [3.8, 4) is 28.2 Å². The van der Waals surface area contributed by atoms with Crippen molar-refractivity contribution in [1.82, 2.24) is 0 Å². The molecule has 0 unspecified atom stereocenters. The van der Waals surface area contributed by atoms with Gasteiger partial charge in [0.05, 0.1) is 29.6 Å². The minimum atomic E-state index is -1.63. The Balaban J connectivity index is 0.00000216.